The Morgan fingerprint density at radius 1 is 1.41 bits per heavy atom. The van der Waals surface area contributed by atoms with Crippen LogP contribution in [0.15, 0.2) is 39.1 Å². The van der Waals surface area contributed by atoms with Crippen molar-refractivity contribution < 1.29 is 4.39 Å². The Kier molecular flexibility index (Phi) is 3.14. The van der Waals surface area contributed by atoms with Gasteiger partial charge in [0.1, 0.15) is 5.82 Å². The minimum atomic E-state index is -0.391. The van der Waals surface area contributed by atoms with Gasteiger partial charge in [-0.2, -0.15) is 0 Å². The van der Waals surface area contributed by atoms with Crippen LogP contribution in [0.25, 0.3) is 0 Å². The summed E-state index contributed by atoms with van der Waals surface area (Å²) in [4.78, 5) is 18.6. The Labute approximate surface area is 101 Å². The Morgan fingerprint density at radius 2 is 2.18 bits per heavy atom. The number of aromatic amines is 1. The van der Waals surface area contributed by atoms with E-state index < -0.39 is 5.82 Å². The smallest absolute Gasteiger partial charge is 0.251 e. The van der Waals surface area contributed by atoms with Crippen molar-refractivity contribution in [3.05, 3.63) is 46.1 Å². The van der Waals surface area contributed by atoms with Crippen molar-refractivity contribution in [2.24, 2.45) is 0 Å². The summed E-state index contributed by atoms with van der Waals surface area (Å²) in [5.41, 5.74) is 6.38. The van der Waals surface area contributed by atoms with Gasteiger partial charge in [-0.15, -0.1) is 0 Å². The Morgan fingerprint density at radius 3 is 2.82 bits per heavy atom. The number of nitrogens with zero attached hydrogens (tertiary/aromatic N) is 1. The van der Waals surface area contributed by atoms with Gasteiger partial charge in [-0.25, -0.2) is 9.37 Å². The molecule has 3 N–H and O–H groups in total. The maximum atomic E-state index is 12.9. The van der Waals surface area contributed by atoms with E-state index in [-0.39, 0.29) is 5.56 Å². The average Bonchev–Trinajstić information content (AvgIpc) is 2.21. The number of anilines is 1. The molecule has 0 aliphatic heterocycles. The number of rotatable bonds is 2. The lowest BCUT2D eigenvalue weighted by molar-refractivity contribution is 0.627. The topological polar surface area (TPSA) is 71.8 Å². The largest absolute Gasteiger partial charge is 0.398 e. The molecule has 0 unspecified atom stereocenters. The number of nitrogens with one attached hydrogen (secondary N) is 1. The predicted molar refractivity (Wildman–Crippen MR) is 64.5 cm³/mol. The number of halogens is 1. The summed E-state index contributed by atoms with van der Waals surface area (Å²) in [6.45, 7) is 1.73. The molecule has 1 aromatic heterocycles. The first kappa shape index (κ1) is 11.7. The van der Waals surface area contributed by atoms with E-state index in [1.54, 1.807) is 13.0 Å². The molecule has 2 aromatic rings. The van der Waals surface area contributed by atoms with Gasteiger partial charge in [-0.05, 0) is 36.9 Å². The van der Waals surface area contributed by atoms with Crippen molar-refractivity contribution in [3.8, 4) is 0 Å². The third kappa shape index (κ3) is 2.85. The van der Waals surface area contributed by atoms with Crippen molar-refractivity contribution in [1.29, 1.82) is 0 Å². The highest BCUT2D eigenvalue weighted by molar-refractivity contribution is 7.99. The molecule has 0 saturated heterocycles. The first-order valence-corrected chi connectivity index (χ1v) is 5.67. The SMILES string of the molecule is Cc1cc(=O)[nH]c(Sc2ccc(F)cc2N)n1. The van der Waals surface area contributed by atoms with Crippen LogP contribution >= 0.6 is 11.8 Å². The highest BCUT2D eigenvalue weighted by Crippen LogP contribution is 2.29. The highest BCUT2D eigenvalue weighted by atomic mass is 32.2. The molecule has 0 bridgehead atoms. The lowest BCUT2D eigenvalue weighted by atomic mass is 10.3. The van der Waals surface area contributed by atoms with Gasteiger partial charge in [0, 0.05) is 22.3 Å². The Hall–Kier alpha value is -1.82. The molecule has 0 aliphatic rings. The molecular weight excluding hydrogens is 241 g/mol. The van der Waals surface area contributed by atoms with Gasteiger partial charge in [-0.3, -0.25) is 4.79 Å². The molecule has 0 fully saturated rings. The molecule has 2 rings (SSSR count). The summed E-state index contributed by atoms with van der Waals surface area (Å²) in [6, 6.07) is 5.50. The first-order chi connectivity index (χ1) is 8.04. The molecule has 0 spiro atoms. The summed E-state index contributed by atoms with van der Waals surface area (Å²) >= 11 is 1.19. The van der Waals surface area contributed by atoms with Crippen LogP contribution in [0.1, 0.15) is 5.69 Å². The number of aromatic nitrogens is 2. The van der Waals surface area contributed by atoms with Crippen molar-refractivity contribution in [2.75, 3.05) is 5.73 Å². The monoisotopic (exact) mass is 251 g/mol. The average molecular weight is 251 g/mol. The van der Waals surface area contributed by atoms with Crippen LogP contribution in [0.3, 0.4) is 0 Å². The second-order valence-electron chi connectivity index (χ2n) is 3.48. The van der Waals surface area contributed by atoms with Gasteiger partial charge >= 0.3 is 0 Å². The van der Waals surface area contributed by atoms with E-state index in [4.69, 9.17) is 5.73 Å². The lowest BCUT2D eigenvalue weighted by Crippen LogP contribution is -2.08. The van der Waals surface area contributed by atoms with Gasteiger partial charge in [0.2, 0.25) is 0 Å². The van der Waals surface area contributed by atoms with Crippen LogP contribution in [0, 0.1) is 12.7 Å². The molecule has 17 heavy (non-hydrogen) atoms. The van der Waals surface area contributed by atoms with E-state index in [1.165, 1.54) is 30.0 Å². The standard InChI is InChI=1S/C11H10FN3OS/c1-6-4-10(16)15-11(14-6)17-9-3-2-7(12)5-8(9)13/h2-5H,13H2,1H3,(H,14,15,16). The third-order valence-electron chi connectivity index (χ3n) is 2.03. The first-order valence-electron chi connectivity index (χ1n) is 4.85. The number of nitrogen functional groups attached to an aromatic ring is 1. The van der Waals surface area contributed by atoms with Crippen LogP contribution in [-0.4, -0.2) is 9.97 Å². The van der Waals surface area contributed by atoms with Gasteiger partial charge < -0.3 is 10.7 Å². The van der Waals surface area contributed by atoms with E-state index >= 15 is 0 Å². The number of hydrogen-bond donors (Lipinski definition) is 2. The number of benzene rings is 1. The normalized spacial score (nSPS) is 10.5. The molecule has 1 heterocycles. The maximum absolute atomic E-state index is 12.9. The molecule has 6 heteroatoms. The van der Waals surface area contributed by atoms with Gasteiger partial charge in [0.05, 0.1) is 0 Å². The van der Waals surface area contributed by atoms with E-state index in [9.17, 15) is 9.18 Å². The zero-order valence-electron chi connectivity index (χ0n) is 9.03. The number of nitrogens with two attached hydrogens (primary N) is 1. The molecule has 88 valence electrons. The molecular formula is C11H10FN3OS. The summed E-state index contributed by atoms with van der Waals surface area (Å²) in [5, 5.41) is 0.438. The molecule has 0 amide bonds. The molecule has 0 atom stereocenters. The second-order valence-corrected chi connectivity index (χ2v) is 4.51. The second kappa shape index (κ2) is 4.58. The number of aryl methyl sites for hydroxylation is 1. The van der Waals surface area contributed by atoms with Crippen molar-refractivity contribution in [3.63, 3.8) is 0 Å². The molecule has 0 aliphatic carbocycles. The minimum Gasteiger partial charge on any atom is -0.398 e. The van der Waals surface area contributed by atoms with Gasteiger partial charge in [-0.1, -0.05) is 0 Å². The fraction of sp³-hybridized carbons (Fsp3) is 0.0909. The molecule has 1 aromatic carbocycles. The fourth-order valence-corrected chi connectivity index (χ4v) is 2.18. The number of H-pyrrole nitrogens is 1. The van der Waals surface area contributed by atoms with E-state index in [1.807, 2.05) is 0 Å². The van der Waals surface area contributed by atoms with Gasteiger partial charge in [0.15, 0.2) is 5.16 Å². The zero-order chi connectivity index (χ0) is 12.4. The van der Waals surface area contributed by atoms with Crippen molar-refractivity contribution >= 4 is 17.4 Å². The Balaban J connectivity index is 2.34. The van der Waals surface area contributed by atoms with E-state index in [0.29, 0.717) is 21.4 Å². The van der Waals surface area contributed by atoms with Crippen LogP contribution in [0.2, 0.25) is 0 Å². The van der Waals surface area contributed by atoms with Crippen LogP contribution < -0.4 is 11.3 Å². The summed E-state index contributed by atoms with van der Waals surface area (Å²) in [5.74, 6) is -0.391. The maximum Gasteiger partial charge on any atom is 0.251 e. The highest BCUT2D eigenvalue weighted by Gasteiger charge is 2.05. The van der Waals surface area contributed by atoms with E-state index in [2.05, 4.69) is 9.97 Å². The Bertz CT molecular complexity index is 612. The third-order valence-corrected chi connectivity index (χ3v) is 3.00. The van der Waals surface area contributed by atoms with Crippen LogP contribution in [-0.2, 0) is 0 Å². The van der Waals surface area contributed by atoms with Gasteiger partial charge in [0.25, 0.3) is 5.56 Å². The number of hydrogen-bond acceptors (Lipinski definition) is 4. The fourth-order valence-electron chi connectivity index (χ4n) is 1.32. The summed E-state index contributed by atoms with van der Waals surface area (Å²) in [7, 11) is 0. The van der Waals surface area contributed by atoms with Crippen LogP contribution in [0.5, 0.6) is 0 Å². The zero-order valence-corrected chi connectivity index (χ0v) is 9.84. The van der Waals surface area contributed by atoms with Crippen molar-refractivity contribution in [1.82, 2.24) is 9.97 Å². The minimum absolute atomic E-state index is 0.222. The lowest BCUT2D eigenvalue weighted by Gasteiger charge is -2.04. The van der Waals surface area contributed by atoms with E-state index in [0.717, 1.165) is 0 Å². The predicted octanol–water partition coefficient (Wildman–Crippen LogP) is 1.95. The van der Waals surface area contributed by atoms with Crippen molar-refractivity contribution in [2.45, 2.75) is 17.0 Å². The summed E-state index contributed by atoms with van der Waals surface area (Å²) in [6.07, 6.45) is 0. The quantitative estimate of drug-likeness (QED) is 0.632. The molecule has 0 radical (unpaired) electrons. The van der Waals surface area contributed by atoms with Crippen LogP contribution in [0.4, 0.5) is 10.1 Å². The molecule has 4 nitrogen and oxygen atoms in total. The molecule has 0 saturated carbocycles. The summed E-state index contributed by atoms with van der Waals surface area (Å²) < 4.78 is 12.9.